The van der Waals surface area contributed by atoms with Crippen LogP contribution in [0.3, 0.4) is 0 Å². The second-order valence-corrected chi connectivity index (χ2v) is 8.94. The molecule has 0 atom stereocenters. The third kappa shape index (κ3) is 4.51. The average Bonchev–Trinajstić information content (AvgIpc) is 2.64. The summed E-state index contributed by atoms with van der Waals surface area (Å²) in [7, 11) is 4.16. The molecule has 0 heterocycles. The van der Waals surface area contributed by atoms with Gasteiger partial charge in [-0.25, -0.2) is 0 Å². The first kappa shape index (κ1) is 20.1. The van der Waals surface area contributed by atoms with Crippen molar-refractivity contribution in [1.82, 2.24) is 0 Å². The number of hydrogen-bond acceptors (Lipinski definition) is 5. The molecule has 142 valence electrons. The summed E-state index contributed by atoms with van der Waals surface area (Å²) in [4.78, 5) is 11.5. The molecule has 26 heavy (non-hydrogen) atoms. The van der Waals surface area contributed by atoms with E-state index in [1.165, 1.54) is 33.5 Å². The Morgan fingerprint density at radius 2 is 1.46 bits per heavy atom. The van der Waals surface area contributed by atoms with Crippen LogP contribution in [0, 0.1) is 7.14 Å². The van der Waals surface area contributed by atoms with E-state index in [0.29, 0.717) is 12.9 Å². The summed E-state index contributed by atoms with van der Waals surface area (Å²) in [5, 5.41) is 0. The molecular weight excluding hydrogens is 468 g/mol. The SMILES string of the molecule is COc1cc(OC)c(I(OC(=O)C(F)(F)F)c2ccccc2)c(OC)c1. The van der Waals surface area contributed by atoms with E-state index in [2.05, 4.69) is 0 Å². The van der Waals surface area contributed by atoms with Crippen molar-refractivity contribution in [2.45, 2.75) is 6.18 Å². The van der Waals surface area contributed by atoms with E-state index in [1.54, 1.807) is 30.3 Å². The molecule has 2 aromatic carbocycles. The van der Waals surface area contributed by atoms with E-state index in [1.807, 2.05) is 0 Å². The minimum absolute atomic E-state index is 0.227. The zero-order chi connectivity index (χ0) is 19.3. The second kappa shape index (κ2) is 8.47. The van der Waals surface area contributed by atoms with Gasteiger partial charge in [-0.2, -0.15) is 0 Å². The Morgan fingerprint density at radius 1 is 0.923 bits per heavy atom. The predicted octanol–water partition coefficient (Wildman–Crippen LogP) is 4.28. The van der Waals surface area contributed by atoms with Crippen LogP contribution in [0.25, 0.3) is 0 Å². The molecule has 5 nitrogen and oxygen atoms in total. The first-order chi connectivity index (χ1) is 12.3. The molecule has 0 aliphatic carbocycles. The normalized spacial score (nSPS) is 11.5. The molecule has 0 aliphatic heterocycles. The molecule has 0 N–H and O–H groups in total. The Bertz CT molecular complexity index is 740. The fraction of sp³-hybridized carbons (Fsp3) is 0.235. The molecule has 0 saturated carbocycles. The van der Waals surface area contributed by atoms with E-state index in [9.17, 15) is 18.0 Å². The third-order valence-corrected chi connectivity index (χ3v) is 7.87. The Kier molecular flexibility index (Phi) is 6.57. The number of benzene rings is 2. The van der Waals surface area contributed by atoms with E-state index in [4.69, 9.17) is 17.3 Å². The number of alkyl halides is 3. The van der Waals surface area contributed by atoms with Gasteiger partial charge in [0.15, 0.2) is 0 Å². The predicted molar refractivity (Wildman–Crippen MR) is 96.1 cm³/mol. The van der Waals surface area contributed by atoms with Crippen LogP contribution in [-0.2, 0) is 7.86 Å². The Balaban J connectivity index is 2.64. The minimum atomic E-state index is -5.10. The van der Waals surface area contributed by atoms with Gasteiger partial charge in [-0.15, -0.1) is 0 Å². The molecule has 0 amide bonds. The summed E-state index contributed by atoms with van der Waals surface area (Å²) in [6.45, 7) is 0. The van der Waals surface area contributed by atoms with Crippen LogP contribution in [0.5, 0.6) is 17.2 Å². The van der Waals surface area contributed by atoms with Crippen LogP contribution >= 0.6 is 20.2 Å². The van der Waals surface area contributed by atoms with Crippen molar-refractivity contribution < 1.29 is 35.2 Å². The average molecular weight is 484 g/mol. The molecule has 0 bridgehead atoms. The molecule has 0 spiro atoms. The van der Waals surface area contributed by atoms with Crippen molar-refractivity contribution in [2.24, 2.45) is 0 Å². The van der Waals surface area contributed by atoms with Crippen molar-refractivity contribution in [3.63, 3.8) is 0 Å². The molecule has 2 rings (SSSR count). The molecule has 9 heteroatoms. The van der Waals surface area contributed by atoms with Gasteiger partial charge in [-0.05, 0) is 0 Å². The van der Waals surface area contributed by atoms with Crippen LogP contribution < -0.4 is 14.2 Å². The number of rotatable bonds is 6. The monoisotopic (exact) mass is 484 g/mol. The van der Waals surface area contributed by atoms with Gasteiger partial charge in [0.1, 0.15) is 0 Å². The maximum atomic E-state index is 12.8. The molecular formula is C17H16F3IO5. The summed E-state index contributed by atoms with van der Waals surface area (Å²) >= 11 is -3.35. The number of ether oxygens (including phenoxy) is 3. The van der Waals surface area contributed by atoms with Crippen molar-refractivity contribution >= 4 is 26.2 Å². The van der Waals surface area contributed by atoms with E-state index in [-0.39, 0.29) is 11.5 Å². The Hall–Kier alpha value is -2.17. The van der Waals surface area contributed by atoms with Gasteiger partial charge in [-0.1, -0.05) is 0 Å². The van der Waals surface area contributed by atoms with Crippen molar-refractivity contribution in [3.8, 4) is 17.2 Å². The maximum absolute atomic E-state index is 12.8. The summed E-state index contributed by atoms with van der Waals surface area (Å²) in [5.41, 5.74) is 0. The topological polar surface area (TPSA) is 54.0 Å². The first-order valence-corrected chi connectivity index (χ1v) is 10.2. The van der Waals surface area contributed by atoms with Crippen molar-refractivity contribution in [2.75, 3.05) is 21.3 Å². The molecule has 0 radical (unpaired) electrons. The third-order valence-electron chi connectivity index (χ3n) is 3.14. The van der Waals surface area contributed by atoms with Crippen molar-refractivity contribution in [1.29, 1.82) is 0 Å². The number of methoxy groups -OCH3 is 3. The first-order valence-electron chi connectivity index (χ1n) is 7.16. The van der Waals surface area contributed by atoms with Crippen LogP contribution in [0.4, 0.5) is 13.2 Å². The molecule has 0 saturated heterocycles. The van der Waals surface area contributed by atoms with Crippen LogP contribution in [0.15, 0.2) is 42.5 Å². The second-order valence-electron chi connectivity index (χ2n) is 4.75. The van der Waals surface area contributed by atoms with Crippen molar-refractivity contribution in [3.05, 3.63) is 49.6 Å². The zero-order valence-corrected chi connectivity index (χ0v) is 16.3. The number of halogens is 4. The van der Waals surface area contributed by atoms with Gasteiger partial charge in [0.05, 0.1) is 0 Å². The molecule has 0 fully saturated rings. The number of carbonyl (C=O) groups excluding carboxylic acids is 1. The van der Waals surface area contributed by atoms with Gasteiger partial charge in [0, 0.05) is 0 Å². The fourth-order valence-electron chi connectivity index (χ4n) is 1.97. The fourth-order valence-corrected chi connectivity index (χ4v) is 6.50. The van der Waals surface area contributed by atoms with Crippen LogP contribution in [0.2, 0.25) is 0 Å². The quantitative estimate of drug-likeness (QED) is 0.574. The van der Waals surface area contributed by atoms with Gasteiger partial charge in [-0.3, -0.25) is 0 Å². The number of hydrogen-bond donors (Lipinski definition) is 0. The van der Waals surface area contributed by atoms with Gasteiger partial charge in [0.25, 0.3) is 0 Å². The van der Waals surface area contributed by atoms with E-state index >= 15 is 0 Å². The molecule has 0 aromatic heterocycles. The van der Waals surface area contributed by atoms with Gasteiger partial charge in [0.2, 0.25) is 0 Å². The summed E-state index contributed by atoms with van der Waals surface area (Å²) in [6.07, 6.45) is -5.10. The van der Waals surface area contributed by atoms with Gasteiger partial charge >= 0.3 is 156 Å². The summed E-state index contributed by atoms with van der Waals surface area (Å²) in [6, 6.07) is 11.3. The Morgan fingerprint density at radius 3 is 1.88 bits per heavy atom. The zero-order valence-electron chi connectivity index (χ0n) is 14.1. The summed E-state index contributed by atoms with van der Waals surface area (Å²) in [5.74, 6) is -1.39. The van der Waals surface area contributed by atoms with Gasteiger partial charge < -0.3 is 0 Å². The Labute approximate surface area is 155 Å². The number of carbonyl (C=O) groups is 1. The van der Waals surface area contributed by atoms with Crippen LogP contribution in [-0.4, -0.2) is 33.5 Å². The molecule has 0 aliphatic rings. The molecule has 0 unspecified atom stereocenters. The van der Waals surface area contributed by atoms with E-state index in [0.717, 1.165) is 0 Å². The van der Waals surface area contributed by atoms with Crippen LogP contribution in [0.1, 0.15) is 0 Å². The standard InChI is InChI=1S/C17H16F3IO5/c1-23-12-9-13(24-2)15(14(10-12)25-3)21(11-7-5-4-6-8-11)26-16(22)17(18,19)20/h4-10H,1-3H3. The summed E-state index contributed by atoms with van der Waals surface area (Å²) < 4.78 is 59.9. The van der Waals surface area contributed by atoms with E-state index < -0.39 is 32.4 Å². The molecule has 2 aromatic rings.